The van der Waals surface area contributed by atoms with Gasteiger partial charge in [0.2, 0.25) is 0 Å². The third-order valence-corrected chi connectivity index (χ3v) is 5.05. The van der Waals surface area contributed by atoms with Crippen LogP contribution in [0.4, 0.5) is 8.78 Å². The molecule has 1 fully saturated rings. The molecule has 0 radical (unpaired) electrons. The summed E-state index contributed by atoms with van der Waals surface area (Å²) in [6.45, 7) is 5.67. The molecule has 2 aromatic rings. The predicted molar refractivity (Wildman–Crippen MR) is 131 cm³/mol. The number of rotatable bonds is 5. The van der Waals surface area contributed by atoms with Crippen LogP contribution in [-0.4, -0.2) is 49.1 Å². The van der Waals surface area contributed by atoms with Crippen molar-refractivity contribution in [2.45, 2.75) is 39.1 Å². The summed E-state index contributed by atoms with van der Waals surface area (Å²) in [7, 11) is 1.60. The average molecular weight is 558 g/mol. The van der Waals surface area contributed by atoms with E-state index in [0.717, 1.165) is 23.8 Å². The van der Waals surface area contributed by atoms with Crippen LogP contribution in [0.3, 0.4) is 0 Å². The van der Waals surface area contributed by atoms with Crippen LogP contribution in [0, 0.1) is 11.6 Å². The smallest absolute Gasteiger partial charge is 0.254 e. The Labute approximate surface area is 204 Å². The van der Waals surface area contributed by atoms with Crippen molar-refractivity contribution in [2.24, 2.45) is 4.99 Å². The zero-order chi connectivity index (χ0) is 22.4. The van der Waals surface area contributed by atoms with Gasteiger partial charge in [-0.15, -0.1) is 24.0 Å². The van der Waals surface area contributed by atoms with Gasteiger partial charge in [0.25, 0.3) is 5.91 Å². The van der Waals surface area contributed by atoms with E-state index in [1.54, 1.807) is 7.05 Å². The maximum absolute atomic E-state index is 13.8. The van der Waals surface area contributed by atoms with Crippen molar-refractivity contribution >= 4 is 35.8 Å². The minimum Gasteiger partial charge on any atom is -0.372 e. The van der Waals surface area contributed by atoms with E-state index in [-0.39, 0.29) is 54.2 Å². The van der Waals surface area contributed by atoms with Gasteiger partial charge in [-0.1, -0.05) is 12.1 Å². The first kappa shape index (κ1) is 26.0. The van der Waals surface area contributed by atoms with Gasteiger partial charge in [-0.25, -0.2) is 8.78 Å². The lowest BCUT2D eigenvalue weighted by atomic mass is 10.1. The van der Waals surface area contributed by atoms with E-state index in [1.165, 1.54) is 0 Å². The Bertz CT molecular complexity index is 930. The Morgan fingerprint density at radius 2 is 1.69 bits per heavy atom. The van der Waals surface area contributed by atoms with Gasteiger partial charge in [-0.2, -0.15) is 0 Å². The number of nitrogens with zero attached hydrogens (tertiary/aromatic N) is 2. The van der Waals surface area contributed by atoms with Crippen LogP contribution in [-0.2, 0) is 17.8 Å². The van der Waals surface area contributed by atoms with E-state index in [2.05, 4.69) is 15.6 Å². The van der Waals surface area contributed by atoms with Crippen molar-refractivity contribution in [3.63, 3.8) is 0 Å². The highest BCUT2D eigenvalue weighted by molar-refractivity contribution is 14.0. The molecule has 1 heterocycles. The normalized spacial score (nSPS) is 18.7. The van der Waals surface area contributed by atoms with E-state index in [4.69, 9.17) is 4.74 Å². The van der Waals surface area contributed by atoms with Crippen molar-refractivity contribution in [3.05, 3.63) is 70.8 Å². The van der Waals surface area contributed by atoms with Gasteiger partial charge in [-0.3, -0.25) is 9.79 Å². The third-order valence-electron chi connectivity index (χ3n) is 5.05. The molecule has 174 valence electrons. The first-order valence-corrected chi connectivity index (χ1v) is 10.3. The van der Waals surface area contributed by atoms with Gasteiger partial charge in [0.1, 0.15) is 11.6 Å². The molecule has 1 aliphatic heterocycles. The second-order valence-electron chi connectivity index (χ2n) is 7.68. The molecule has 1 amide bonds. The molecule has 3 rings (SSSR count). The van der Waals surface area contributed by atoms with Crippen LogP contribution < -0.4 is 10.6 Å². The van der Waals surface area contributed by atoms with Crippen LogP contribution in [0.15, 0.2) is 47.5 Å². The van der Waals surface area contributed by atoms with Gasteiger partial charge in [0, 0.05) is 44.4 Å². The number of ether oxygens (including phenoxy) is 1. The highest BCUT2D eigenvalue weighted by atomic mass is 127. The van der Waals surface area contributed by atoms with Crippen molar-refractivity contribution in [3.8, 4) is 0 Å². The Hall–Kier alpha value is -2.27. The number of nitrogens with one attached hydrogen (secondary N) is 2. The molecular formula is C23H29F2IN4O2. The summed E-state index contributed by atoms with van der Waals surface area (Å²) in [6, 6.07) is 10.7. The minimum atomic E-state index is -0.489. The highest BCUT2D eigenvalue weighted by Gasteiger charge is 2.26. The second-order valence-corrected chi connectivity index (χ2v) is 7.68. The number of guanidine groups is 1. The fourth-order valence-corrected chi connectivity index (χ4v) is 3.56. The summed E-state index contributed by atoms with van der Waals surface area (Å²) < 4.78 is 32.7. The molecule has 1 aliphatic rings. The van der Waals surface area contributed by atoms with Crippen LogP contribution in [0.25, 0.3) is 0 Å². The molecule has 0 spiro atoms. The molecule has 0 aliphatic carbocycles. The van der Waals surface area contributed by atoms with Crippen molar-refractivity contribution in [1.29, 1.82) is 0 Å². The van der Waals surface area contributed by atoms with Crippen LogP contribution in [0.5, 0.6) is 0 Å². The lowest BCUT2D eigenvalue weighted by Gasteiger charge is -2.35. The summed E-state index contributed by atoms with van der Waals surface area (Å²) in [5, 5.41) is 6.09. The Morgan fingerprint density at radius 1 is 1.06 bits per heavy atom. The molecule has 2 aromatic carbocycles. The van der Waals surface area contributed by atoms with Gasteiger partial charge in [0.05, 0.1) is 12.2 Å². The van der Waals surface area contributed by atoms with Gasteiger partial charge < -0.3 is 20.3 Å². The van der Waals surface area contributed by atoms with Crippen molar-refractivity contribution in [2.75, 3.05) is 20.1 Å². The fraction of sp³-hybridized carbons (Fsp3) is 0.391. The van der Waals surface area contributed by atoms with E-state index >= 15 is 0 Å². The summed E-state index contributed by atoms with van der Waals surface area (Å²) in [4.78, 5) is 18.7. The summed E-state index contributed by atoms with van der Waals surface area (Å²) >= 11 is 0. The Balaban J connectivity index is 0.00000363. The summed E-state index contributed by atoms with van der Waals surface area (Å²) in [5.41, 5.74) is 1.81. The SMILES string of the molecule is CN=C(NCc1ccc(C(=O)N2CC(C)OC(C)C2)cc1)NCc1cc(F)ccc1F.I. The molecule has 2 atom stereocenters. The van der Waals surface area contributed by atoms with E-state index < -0.39 is 11.6 Å². The third kappa shape index (κ3) is 7.13. The fourth-order valence-electron chi connectivity index (χ4n) is 3.56. The second kappa shape index (κ2) is 12.1. The Kier molecular flexibility index (Phi) is 9.83. The van der Waals surface area contributed by atoms with Crippen molar-refractivity contribution in [1.82, 2.24) is 15.5 Å². The maximum atomic E-state index is 13.8. The lowest BCUT2D eigenvalue weighted by Crippen LogP contribution is -2.48. The molecule has 2 N–H and O–H groups in total. The minimum absolute atomic E-state index is 0. The predicted octanol–water partition coefficient (Wildman–Crippen LogP) is 3.70. The first-order valence-electron chi connectivity index (χ1n) is 10.3. The number of carbonyl (C=O) groups excluding carboxylic acids is 1. The number of hydrogen-bond acceptors (Lipinski definition) is 3. The molecule has 0 saturated carbocycles. The van der Waals surface area contributed by atoms with Crippen LogP contribution >= 0.6 is 24.0 Å². The maximum Gasteiger partial charge on any atom is 0.254 e. The van der Waals surface area contributed by atoms with Gasteiger partial charge >= 0.3 is 0 Å². The molecule has 9 heteroatoms. The van der Waals surface area contributed by atoms with E-state index in [0.29, 0.717) is 31.2 Å². The van der Waals surface area contributed by atoms with Gasteiger partial charge in [-0.05, 0) is 49.7 Å². The molecule has 1 saturated heterocycles. The monoisotopic (exact) mass is 558 g/mol. The number of amides is 1. The topological polar surface area (TPSA) is 66.0 Å². The largest absolute Gasteiger partial charge is 0.372 e. The zero-order valence-corrected chi connectivity index (χ0v) is 20.7. The summed E-state index contributed by atoms with van der Waals surface area (Å²) in [5.74, 6) is -0.512. The molecular weight excluding hydrogens is 529 g/mol. The Morgan fingerprint density at radius 3 is 2.31 bits per heavy atom. The van der Waals surface area contributed by atoms with E-state index in [1.807, 2.05) is 43.0 Å². The molecule has 32 heavy (non-hydrogen) atoms. The molecule has 0 bridgehead atoms. The van der Waals surface area contributed by atoms with Gasteiger partial charge in [0.15, 0.2) is 5.96 Å². The van der Waals surface area contributed by atoms with Crippen LogP contribution in [0.2, 0.25) is 0 Å². The standard InChI is InChI=1S/C23H28F2N4O2.HI/c1-15-13-29(14-16(2)31-15)22(30)18-6-4-17(5-7-18)11-27-23(26-3)28-12-19-10-20(24)8-9-21(19)25;/h4-10,15-16H,11-14H2,1-3H3,(H2,26,27,28);1H. The number of carbonyl (C=O) groups is 1. The molecule has 2 unspecified atom stereocenters. The number of morpholine rings is 1. The van der Waals surface area contributed by atoms with E-state index in [9.17, 15) is 13.6 Å². The lowest BCUT2D eigenvalue weighted by molar-refractivity contribution is -0.0586. The quantitative estimate of drug-likeness (QED) is 0.334. The summed E-state index contributed by atoms with van der Waals surface area (Å²) in [6.07, 6.45) is 0.0487. The number of hydrogen-bond donors (Lipinski definition) is 2. The van der Waals surface area contributed by atoms with Crippen LogP contribution in [0.1, 0.15) is 35.3 Å². The number of benzene rings is 2. The number of halogens is 3. The van der Waals surface area contributed by atoms with Crippen molar-refractivity contribution < 1.29 is 18.3 Å². The molecule has 0 aromatic heterocycles. The average Bonchev–Trinajstić information content (AvgIpc) is 2.75. The molecule has 6 nitrogen and oxygen atoms in total. The first-order chi connectivity index (χ1) is 14.9. The highest BCUT2D eigenvalue weighted by Crippen LogP contribution is 2.15. The number of aliphatic imine (C=N–C) groups is 1. The zero-order valence-electron chi connectivity index (χ0n) is 18.4.